The van der Waals surface area contributed by atoms with Crippen molar-refractivity contribution in [2.24, 2.45) is 11.3 Å². The number of carboxylic acid groups (broad SMARTS) is 1. The number of benzene rings is 2. The number of aliphatic carboxylic acids is 1. The van der Waals surface area contributed by atoms with Gasteiger partial charge in [0.05, 0.1) is 12.5 Å². The molecule has 1 N–H and O–H groups in total. The maximum absolute atomic E-state index is 14.2. The molecule has 1 aliphatic rings. The average molecular weight is 496 g/mol. The van der Waals surface area contributed by atoms with Gasteiger partial charge in [-0.2, -0.15) is 13.2 Å². The molecule has 0 aromatic heterocycles. The van der Waals surface area contributed by atoms with Crippen LogP contribution in [0.15, 0.2) is 30.3 Å². The molecular weight excluding hydrogens is 463 g/mol. The Hall–Kier alpha value is -2.84. The minimum absolute atomic E-state index is 0.105. The first-order valence-corrected chi connectivity index (χ1v) is 11.8. The zero-order valence-corrected chi connectivity index (χ0v) is 20.4. The number of carboxylic acids is 1. The van der Waals surface area contributed by atoms with Crippen LogP contribution in [0.1, 0.15) is 77.3 Å². The van der Waals surface area contributed by atoms with E-state index in [1.165, 1.54) is 37.3 Å². The number of carbonyl (C=O) groups is 1. The number of fused-ring (bicyclic) bond motifs is 1. The second kappa shape index (κ2) is 9.66. The lowest BCUT2D eigenvalue weighted by Crippen LogP contribution is -2.32. The van der Waals surface area contributed by atoms with Crippen molar-refractivity contribution in [3.63, 3.8) is 0 Å². The number of alkyl halides is 3. The summed E-state index contributed by atoms with van der Waals surface area (Å²) in [4.78, 5) is 22.2. The molecule has 1 atom stereocenters. The minimum Gasteiger partial charge on any atom is -0.490 e. The lowest BCUT2D eigenvalue weighted by molar-refractivity contribution is -0.575. The molecule has 1 aliphatic carbocycles. The van der Waals surface area contributed by atoms with E-state index >= 15 is 0 Å². The monoisotopic (exact) mass is 495 g/mol. The van der Waals surface area contributed by atoms with Crippen molar-refractivity contribution >= 4 is 16.7 Å². The summed E-state index contributed by atoms with van der Waals surface area (Å²) >= 11 is 0. The Morgan fingerprint density at radius 2 is 1.71 bits per heavy atom. The van der Waals surface area contributed by atoms with Gasteiger partial charge in [0.2, 0.25) is 5.54 Å². The van der Waals surface area contributed by atoms with Crippen LogP contribution in [0.5, 0.6) is 5.75 Å². The number of ether oxygens (including phenoxy) is 1. The predicted molar refractivity (Wildman–Crippen MR) is 126 cm³/mol. The highest BCUT2D eigenvalue weighted by atomic mass is 19.4. The SMILES string of the molecule is CC(CCC(=O)O)(c1ccc2c(C(F)(F)F)c(O[C@H]3CC[C@H](C(C)(C)C)CC3)ccc2c1)[N+](=O)[O-]. The topological polar surface area (TPSA) is 89.7 Å². The molecule has 2 aromatic rings. The molecule has 0 spiro atoms. The van der Waals surface area contributed by atoms with Gasteiger partial charge in [0.1, 0.15) is 11.3 Å². The number of hydrogen-bond donors (Lipinski definition) is 1. The Kier molecular flexibility index (Phi) is 7.39. The van der Waals surface area contributed by atoms with Gasteiger partial charge in [-0.15, -0.1) is 0 Å². The standard InChI is InChI=1S/C26H32F3NO5/c1-24(2,3)17-6-9-19(10-7-17)35-21-12-5-16-15-18(8-11-20(16)23(21)26(27,28)29)25(4,30(33)34)14-13-22(31)32/h5,8,11-12,15,17,19H,6-7,9-10,13-14H2,1-4H3,(H,31,32)/t17-,19-,25?. The molecule has 0 saturated heterocycles. The first kappa shape index (κ1) is 26.8. The Balaban J connectivity index is 1.96. The van der Waals surface area contributed by atoms with Gasteiger partial charge in [-0.05, 0) is 59.9 Å². The highest BCUT2D eigenvalue weighted by molar-refractivity contribution is 5.89. The summed E-state index contributed by atoms with van der Waals surface area (Å²) in [5, 5.41) is 20.8. The first-order chi connectivity index (χ1) is 16.1. The van der Waals surface area contributed by atoms with Crippen molar-refractivity contribution in [1.82, 2.24) is 0 Å². The molecule has 1 fully saturated rings. The third-order valence-electron chi connectivity index (χ3n) is 7.31. The predicted octanol–water partition coefficient (Wildman–Crippen LogP) is 7.20. The number of nitro groups is 1. The fourth-order valence-corrected chi connectivity index (χ4v) is 4.95. The summed E-state index contributed by atoms with van der Waals surface area (Å²) < 4.78 is 48.4. The molecule has 35 heavy (non-hydrogen) atoms. The van der Waals surface area contributed by atoms with Gasteiger partial charge in [-0.1, -0.05) is 39.0 Å². The normalized spacial score (nSPS) is 20.9. The summed E-state index contributed by atoms with van der Waals surface area (Å²) in [7, 11) is 0. The fourth-order valence-electron chi connectivity index (χ4n) is 4.95. The van der Waals surface area contributed by atoms with E-state index in [4.69, 9.17) is 9.84 Å². The third kappa shape index (κ3) is 5.87. The van der Waals surface area contributed by atoms with E-state index in [1.54, 1.807) is 0 Å². The van der Waals surface area contributed by atoms with Crippen molar-refractivity contribution in [3.05, 3.63) is 51.6 Å². The van der Waals surface area contributed by atoms with E-state index in [0.717, 1.165) is 12.8 Å². The average Bonchev–Trinajstić information content (AvgIpc) is 2.75. The van der Waals surface area contributed by atoms with Crippen LogP contribution < -0.4 is 4.74 Å². The second-order valence-corrected chi connectivity index (χ2v) is 10.8. The third-order valence-corrected chi connectivity index (χ3v) is 7.31. The summed E-state index contributed by atoms with van der Waals surface area (Å²) in [6, 6.07) is 6.60. The molecule has 0 radical (unpaired) electrons. The van der Waals surface area contributed by atoms with Gasteiger partial charge < -0.3 is 9.84 Å². The zero-order valence-electron chi connectivity index (χ0n) is 20.4. The molecule has 1 unspecified atom stereocenters. The Morgan fingerprint density at radius 1 is 1.09 bits per heavy atom. The van der Waals surface area contributed by atoms with Crippen LogP contribution >= 0.6 is 0 Å². The van der Waals surface area contributed by atoms with Crippen molar-refractivity contribution in [2.75, 3.05) is 0 Å². The Morgan fingerprint density at radius 3 is 2.23 bits per heavy atom. The number of hydrogen-bond acceptors (Lipinski definition) is 4. The van der Waals surface area contributed by atoms with Gasteiger partial charge in [0, 0.05) is 23.8 Å². The molecule has 2 aromatic carbocycles. The smallest absolute Gasteiger partial charge is 0.420 e. The number of nitrogens with zero attached hydrogens (tertiary/aromatic N) is 1. The molecule has 0 amide bonds. The van der Waals surface area contributed by atoms with Crippen LogP contribution in [0.2, 0.25) is 0 Å². The molecule has 6 nitrogen and oxygen atoms in total. The summed E-state index contributed by atoms with van der Waals surface area (Å²) in [5.41, 5.74) is -2.34. The van der Waals surface area contributed by atoms with Gasteiger partial charge >= 0.3 is 12.1 Å². The van der Waals surface area contributed by atoms with Crippen molar-refractivity contribution in [3.8, 4) is 5.75 Å². The fraction of sp³-hybridized carbons (Fsp3) is 0.577. The minimum atomic E-state index is -4.69. The van der Waals surface area contributed by atoms with Gasteiger partial charge in [0.15, 0.2) is 0 Å². The van der Waals surface area contributed by atoms with Gasteiger partial charge in [-0.25, -0.2) is 0 Å². The van der Waals surface area contributed by atoms with Crippen LogP contribution in [-0.4, -0.2) is 22.1 Å². The summed E-state index contributed by atoms with van der Waals surface area (Å²) in [5.74, 6) is -0.923. The Bertz CT molecular complexity index is 1100. The molecule has 192 valence electrons. The number of rotatable bonds is 7. The molecular formula is C26H32F3NO5. The lowest BCUT2D eigenvalue weighted by Gasteiger charge is -2.37. The molecule has 0 bridgehead atoms. The molecule has 3 rings (SSSR count). The lowest BCUT2D eigenvalue weighted by atomic mass is 9.72. The van der Waals surface area contributed by atoms with E-state index in [2.05, 4.69) is 20.8 Å². The maximum Gasteiger partial charge on any atom is 0.420 e. The highest BCUT2D eigenvalue weighted by Crippen LogP contribution is 2.45. The number of halogens is 3. The summed E-state index contributed by atoms with van der Waals surface area (Å²) in [6.07, 6.45) is -2.57. The van der Waals surface area contributed by atoms with E-state index in [9.17, 15) is 28.1 Å². The van der Waals surface area contributed by atoms with Gasteiger partial charge in [0.25, 0.3) is 0 Å². The van der Waals surface area contributed by atoms with Crippen LogP contribution in [0.3, 0.4) is 0 Å². The first-order valence-electron chi connectivity index (χ1n) is 11.8. The highest BCUT2D eigenvalue weighted by Gasteiger charge is 2.41. The molecule has 9 heteroatoms. The van der Waals surface area contributed by atoms with E-state index in [1.807, 2.05) is 0 Å². The van der Waals surface area contributed by atoms with E-state index in [0.29, 0.717) is 18.8 Å². The van der Waals surface area contributed by atoms with Crippen LogP contribution in [0.25, 0.3) is 10.8 Å². The maximum atomic E-state index is 14.2. The van der Waals surface area contributed by atoms with Crippen LogP contribution in [0, 0.1) is 21.4 Å². The van der Waals surface area contributed by atoms with Crippen LogP contribution in [0.4, 0.5) is 13.2 Å². The molecule has 0 aliphatic heterocycles. The van der Waals surface area contributed by atoms with Gasteiger partial charge in [-0.3, -0.25) is 14.9 Å². The van der Waals surface area contributed by atoms with Crippen LogP contribution in [-0.2, 0) is 16.5 Å². The molecule has 1 saturated carbocycles. The Labute approximate surface area is 202 Å². The van der Waals surface area contributed by atoms with Crippen molar-refractivity contribution < 1.29 is 32.7 Å². The van der Waals surface area contributed by atoms with E-state index < -0.39 is 34.6 Å². The van der Waals surface area contributed by atoms with Crippen molar-refractivity contribution in [1.29, 1.82) is 0 Å². The quantitative estimate of drug-likeness (QED) is 0.324. The largest absolute Gasteiger partial charge is 0.490 e. The molecule has 0 heterocycles. The van der Waals surface area contributed by atoms with Crippen molar-refractivity contribution in [2.45, 2.75) is 84.0 Å². The van der Waals surface area contributed by atoms with E-state index in [-0.39, 0.29) is 40.0 Å². The summed E-state index contributed by atoms with van der Waals surface area (Å²) in [6.45, 7) is 7.80. The zero-order chi connectivity index (χ0) is 26.2. The second-order valence-electron chi connectivity index (χ2n) is 10.8.